The highest BCUT2D eigenvalue weighted by Crippen LogP contribution is 2.15. The fourth-order valence-electron chi connectivity index (χ4n) is 1.78. The molecule has 1 unspecified atom stereocenters. The Kier molecular flexibility index (Phi) is 4.97. The molecule has 0 aromatic heterocycles. The minimum absolute atomic E-state index is 0.348. The van der Waals surface area contributed by atoms with E-state index in [1.165, 1.54) is 18.2 Å². The number of carbonyl (C=O) groups is 1. The summed E-state index contributed by atoms with van der Waals surface area (Å²) in [6.45, 7) is 2.03. The van der Waals surface area contributed by atoms with Crippen LogP contribution in [0, 0.1) is 6.92 Å². The molecule has 4 heteroatoms. The van der Waals surface area contributed by atoms with Gasteiger partial charge in [0.1, 0.15) is 6.04 Å². The topological polar surface area (TPSA) is 78.3 Å². The summed E-state index contributed by atoms with van der Waals surface area (Å²) in [6.07, 6.45) is 2.40. The average molecular weight is 236 g/mol. The zero-order valence-corrected chi connectivity index (χ0v) is 10.4. The van der Waals surface area contributed by atoms with Crippen molar-refractivity contribution < 1.29 is 9.53 Å². The second-order valence-corrected chi connectivity index (χ2v) is 4.21. The molecule has 0 aliphatic heterocycles. The lowest BCUT2D eigenvalue weighted by molar-refractivity contribution is -0.142. The van der Waals surface area contributed by atoms with Gasteiger partial charge in [0.05, 0.1) is 7.11 Å². The van der Waals surface area contributed by atoms with Crippen LogP contribution in [-0.2, 0) is 16.0 Å². The van der Waals surface area contributed by atoms with Gasteiger partial charge in [0.2, 0.25) is 0 Å². The van der Waals surface area contributed by atoms with Crippen LogP contribution in [0.1, 0.15) is 24.0 Å². The maximum atomic E-state index is 11.1. The number of hydrogen-bond donors (Lipinski definition) is 2. The molecule has 4 nitrogen and oxygen atoms in total. The standard InChI is InChI=1S/C13H20N2O2/c1-9-8-11(14)7-6-10(9)4-3-5-12(15)13(16)17-2/h6-8,12H,3-5,14-15H2,1-2H3. The summed E-state index contributed by atoms with van der Waals surface area (Å²) >= 11 is 0. The molecule has 0 saturated heterocycles. The third kappa shape index (κ3) is 4.07. The predicted molar refractivity (Wildman–Crippen MR) is 68.5 cm³/mol. The Hall–Kier alpha value is -1.55. The van der Waals surface area contributed by atoms with Crippen LogP contribution in [0.2, 0.25) is 0 Å². The number of hydrogen-bond acceptors (Lipinski definition) is 4. The molecule has 0 aliphatic rings. The summed E-state index contributed by atoms with van der Waals surface area (Å²) in [4.78, 5) is 11.1. The molecule has 94 valence electrons. The summed E-state index contributed by atoms with van der Waals surface area (Å²) in [6, 6.07) is 5.35. The van der Waals surface area contributed by atoms with Crippen molar-refractivity contribution in [3.63, 3.8) is 0 Å². The third-order valence-electron chi connectivity index (χ3n) is 2.83. The molecule has 0 saturated carbocycles. The smallest absolute Gasteiger partial charge is 0.322 e. The van der Waals surface area contributed by atoms with Gasteiger partial charge in [-0.2, -0.15) is 0 Å². The number of nitrogen functional groups attached to an aromatic ring is 1. The van der Waals surface area contributed by atoms with Gasteiger partial charge in [-0.3, -0.25) is 4.79 Å². The van der Waals surface area contributed by atoms with E-state index in [0.29, 0.717) is 6.42 Å². The molecule has 1 aromatic carbocycles. The van der Waals surface area contributed by atoms with Gasteiger partial charge in [0.15, 0.2) is 0 Å². The van der Waals surface area contributed by atoms with Crippen LogP contribution in [0.15, 0.2) is 18.2 Å². The molecule has 17 heavy (non-hydrogen) atoms. The fraction of sp³-hybridized carbons (Fsp3) is 0.462. The highest BCUT2D eigenvalue weighted by Gasteiger charge is 2.12. The van der Waals surface area contributed by atoms with E-state index >= 15 is 0 Å². The van der Waals surface area contributed by atoms with Crippen molar-refractivity contribution in [1.82, 2.24) is 0 Å². The number of anilines is 1. The number of nitrogens with two attached hydrogens (primary N) is 2. The number of ether oxygens (including phenoxy) is 1. The molecule has 1 rings (SSSR count). The van der Waals surface area contributed by atoms with E-state index in [-0.39, 0.29) is 5.97 Å². The molecular formula is C13H20N2O2. The Bertz CT molecular complexity index is 391. The van der Waals surface area contributed by atoms with Crippen LogP contribution in [0.25, 0.3) is 0 Å². The van der Waals surface area contributed by atoms with E-state index < -0.39 is 6.04 Å². The number of carbonyl (C=O) groups excluding carboxylic acids is 1. The quantitative estimate of drug-likeness (QED) is 0.598. The Labute approximate surface area is 102 Å². The van der Waals surface area contributed by atoms with Crippen molar-refractivity contribution >= 4 is 11.7 Å². The monoisotopic (exact) mass is 236 g/mol. The maximum Gasteiger partial charge on any atom is 0.322 e. The van der Waals surface area contributed by atoms with Gasteiger partial charge < -0.3 is 16.2 Å². The zero-order chi connectivity index (χ0) is 12.8. The van der Waals surface area contributed by atoms with E-state index in [0.717, 1.165) is 18.5 Å². The minimum Gasteiger partial charge on any atom is -0.468 e. The first-order valence-corrected chi connectivity index (χ1v) is 5.73. The van der Waals surface area contributed by atoms with E-state index in [4.69, 9.17) is 11.5 Å². The number of rotatable bonds is 5. The second kappa shape index (κ2) is 6.25. The van der Waals surface area contributed by atoms with Gasteiger partial charge in [-0.1, -0.05) is 6.07 Å². The summed E-state index contributed by atoms with van der Waals surface area (Å²) in [5, 5.41) is 0. The normalized spacial score (nSPS) is 12.2. The summed E-state index contributed by atoms with van der Waals surface area (Å²) in [5.74, 6) is -0.348. The molecule has 0 bridgehead atoms. The van der Waals surface area contributed by atoms with Crippen LogP contribution in [0.4, 0.5) is 5.69 Å². The zero-order valence-electron chi connectivity index (χ0n) is 10.4. The number of esters is 1. The van der Waals surface area contributed by atoms with Crippen molar-refractivity contribution in [2.75, 3.05) is 12.8 Å². The molecule has 1 atom stereocenters. The molecule has 0 fully saturated rings. The number of aryl methyl sites for hydroxylation is 2. The van der Waals surface area contributed by atoms with Crippen molar-refractivity contribution in [1.29, 1.82) is 0 Å². The van der Waals surface area contributed by atoms with E-state index in [1.807, 2.05) is 25.1 Å². The minimum atomic E-state index is -0.519. The molecule has 0 amide bonds. The first kappa shape index (κ1) is 13.5. The highest BCUT2D eigenvalue weighted by molar-refractivity contribution is 5.75. The summed E-state index contributed by atoms with van der Waals surface area (Å²) < 4.78 is 4.57. The van der Waals surface area contributed by atoms with Crippen LogP contribution in [-0.4, -0.2) is 19.1 Å². The number of methoxy groups -OCH3 is 1. The van der Waals surface area contributed by atoms with Crippen LogP contribution in [0.5, 0.6) is 0 Å². The third-order valence-corrected chi connectivity index (χ3v) is 2.83. The fourth-order valence-corrected chi connectivity index (χ4v) is 1.78. The maximum absolute atomic E-state index is 11.1. The van der Waals surface area contributed by atoms with Crippen molar-refractivity contribution in [3.05, 3.63) is 29.3 Å². The van der Waals surface area contributed by atoms with Gasteiger partial charge in [0, 0.05) is 5.69 Å². The Morgan fingerprint density at radius 3 is 2.76 bits per heavy atom. The van der Waals surface area contributed by atoms with Crippen molar-refractivity contribution in [2.24, 2.45) is 5.73 Å². The molecule has 0 radical (unpaired) electrons. The summed E-state index contributed by atoms with van der Waals surface area (Å²) in [7, 11) is 1.35. The predicted octanol–water partition coefficient (Wildman–Crippen LogP) is 1.40. The van der Waals surface area contributed by atoms with E-state index in [9.17, 15) is 4.79 Å². The van der Waals surface area contributed by atoms with Crippen molar-refractivity contribution in [3.8, 4) is 0 Å². The van der Waals surface area contributed by atoms with E-state index in [2.05, 4.69) is 4.74 Å². The second-order valence-electron chi connectivity index (χ2n) is 4.21. The van der Waals surface area contributed by atoms with Crippen LogP contribution in [0.3, 0.4) is 0 Å². The van der Waals surface area contributed by atoms with Crippen molar-refractivity contribution in [2.45, 2.75) is 32.2 Å². The highest BCUT2D eigenvalue weighted by atomic mass is 16.5. The average Bonchev–Trinajstić information content (AvgIpc) is 2.30. The largest absolute Gasteiger partial charge is 0.468 e. The molecule has 0 aliphatic carbocycles. The Morgan fingerprint density at radius 1 is 1.47 bits per heavy atom. The lowest BCUT2D eigenvalue weighted by atomic mass is 10.0. The molecular weight excluding hydrogens is 216 g/mol. The first-order chi connectivity index (χ1) is 8.04. The van der Waals surface area contributed by atoms with Gasteiger partial charge in [-0.15, -0.1) is 0 Å². The number of benzene rings is 1. The Morgan fingerprint density at radius 2 is 2.18 bits per heavy atom. The van der Waals surface area contributed by atoms with Gasteiger partial charge in [-0.25, -0.2) is 0 Å². The van der Waals surface area contributed by atoms with Crippen LogP contribution >= 0.6 is 0 Å². The SMILES string of the molecule is COC(=O)C(N)CCCc1ccc(N)cc1C. The molecule has 4 N–H and O–H groups in total. The lowest BCUT2D eigenvalue weighted by Gasteiger charge is -2.10. The van der Waals surface area contributed by atoms with E-state index in [1.54, 1.807) is 0 Å². The summed E-state index contributed by atoms with van der Waals surface area (Å²) in [5.41, 5.74) is 14.5. The molecule has 0 heterocycles. The van der Waals surface area contributed by atoms with Gasteiger partial charge >= 0.3 is 5.97 Å². The first-order valence-electron chi connectivity index (χ1n) is 5.73. The van der Waals surface area contributed by atoms with Gasteiger partial charge in [0.25, 0.3) is 0 Å². The van der Waals surface area contributed by atoms with Crippen LogP contribution < -0.4 is 11.5 Å². The molecule has 1 aromatic rings. The Balaban J connectivity index is 2.43. The molecule has 0 spiro atoms. The lowest BCUT2D eigenvalue weighted by Crippen LogP contribution is -2.31. The van der Waals surface area contributed by atoms with Gasteiger partial charge in [-0.05, 0) is 49.4 Å².